The zero-order chi connectivity index (χ0) is 10.3. The Labute approximate surface area is 77.8 Å². The van der Waals surface area contributed by atoms with Gasteiger partial charge in [-0.15, -0.1) is 0 Å². The topological polar surface area (TPSA) is 98.2 Å². The van der Waals surface area contributed by atoms with Crippen molar-refractivity contribution in [3.05, 3.63) is 0 Å². The fraction of sp³-hybridized carbons (Fsp3) is 0.750. The molecule has 5 N–H and O–H groups in total. The van der Waals surface area contributed by atoms with Crippen molar-refractivity contribution in [1.29, 1.82) is 0 Å². The van der Waals surface area contributed by atoms with Crippen LogP contribution < -0.4 is 16.8 Å². The number of nitrogens with two attached hydrogens (primary N) is 2. The number of hydrogen-bond acceptors (Lipinski definition) is 3. The van der Waals surface area contributed by atoms with Crippen LogP contribution in [0.5, 0.6) is 0 Å². The molecule has 0 bridgehead atoms. The third-order valence-corrected chi connectivity index (χ3v) is 1.61. The Morgan fingerprint density at radius 2 is 2.08 bits per heavy atom. The molecule has 76 valence electrons. The average molecular weight is 187 g/mol. The fourth-order valence-electron chi connectivity index (χ4n) is 0.882. The molecule has 0 spiro atoms. The maximum Gasteiger partial charge on any atom is 0.236 e. The first-order valence-electron chi connectivity index (χ1n) is 4.39. The highest BCUT2D eigenvalue weighted by molar-refractivity contribution is 5.82. The Morgan fingerprint density at radius 3 is 2.54 bits per heavy atom. The molecule has 13 heavy (non-hydrogen) atoms. The van der Waals surface area contributed by atoms with Crippen LogP contribution in [0, 0.1) is 0 Å². The summed E-state index contributed by atoms with van der Waals surface area (Å²) in [5, 5.41) is 2.53. The molecule has 0 aromatic heterocycles. The number of hydrogen-bond donors (Lipinski definition) is 3. The van der Waals surface area contributed by atoms with Crippen LogP contribution >= 0.6 is 0 Å². The average Bonchev–Trinajstić information content (AvgIpc) is 2.04. The van der Waals surface area contributed by atoms with Gasteiger partial charge in [0, 0.05) is 13.0 Å². The molecule has 0 aliphatic rings. The first kappa shape index (κ1) is 11.9. The van der Waals surface area contributed by atoms with Gasteiger partial charge in [0.1, 0.15) is 0 Å². The van der Waals surface area contributed by atoms with Gasteiger partial charge in [-0.2, -0.15) is 0 Å². The molecule has 0 saturated carbocycles. The summed E-state index contributed by atoms with van der Waals surface area (Å²) >= 11 is 0. The zero-order valence-electron chi connectivity index (χ0n) is 7.88. The van der Waals surface area contributed by atoms with E-state index in [0.29, 0.717) is 6.42 Å². The van der Waals surface area contributed by atoms with Crippen LogP contribution in [-0.4, -0.2) is 24.4 Å². The van der Waals surface area contributed by atoms with E-state index < -0.39 is 11.9 Å². The van der Waals surface area contributed by atoms with Crippen LogP contribution in [-0.2, 0) is 9.59 Å². The van der Waals surface area contributed by atoms with Gasteiger partial charge in [-0.3, -0.25) is 9.59 Å². The van der Waals surface area contributed by atoms with Gasteiger partial charge < -0.3 is 16.8 Å². The van der Waals surface area contributed by atoms with Gasteiger partial charge in [-0.05, 0) is 6.42 Å². The van der Waals surface area contributed by atoms with Gasteiger partial charge in [-0.1, -0.05) is 13.3 Å². The molecule has 1 unspecified atom stereocenters. The first-order chi connectivity index (χ1) is 6.07. The fourth-order valence-corrected chi connectivity index (χ4v) is 0.882. The predicted molar refractivity (Wildman–Crippen MR) is 49.7 cm³/mol. The predicted octanol–water partition coefficient (Wildman–Crippen LogP) is -0.895. The summed E-state index contributed by atoms with van der Waals surface area (Å²) in [7, 11) is 0. The van der Waals surface area contributed by atoms with E-state index in [-0.39, 0.29) is 18.9 Å². The van der Waals surface area contributed by atoms with Crippen LogP contribution in [0.25, 0.3) is 0 Å². The monoisotopic (exact) mass is 187 g/mol. The van der Waals surface area contributed by atoms with Gasteiger partial charge in [0.15, 0.2) is 0 Å². The minimum Gasteiger partial charge on any atom is -0.370 e. The minimum atomic E-state index is -0.474. The van der Waals surface area contributed by atoms with Crippen molar-refractivity contribution in [2.75, 3.05) is 6.54 Å². The van der Waals surface area contributed by atoms with Crippen molar-refractivity contribution in [1.82, 2.24) is 5.32 Å². The summed E-state index contributed by atoms with van der Waals surface area (Å²) in [6.45, 7) is 2.22. The van der Waals surface area contributed by atoms with Crippen LogP contribution in [0.3, 0.4) is 0 Å². The third-order valence-electron chi connectivity index (χ3n) is 1.61. The lowest BCUT2D eigenvalue weighted by Crippen LogP contribution is -2.41. The van der Waals surface area contributed by atoms with E-state index in [1.807, 2.05) is 6.92 Å². The summed E-state index contributed by atoms with van der Waals surface area (Å²) < 4.78 is 0. The highest BCUT2D eigenvalue weighted by atomic mass is 16.2. The molecule has 0 radical (unpaired) electrons. The van der Waals surface area contributed by atoms with Crippen molar-refractivity contribution in [2.45, 2.75) is 32.2 Å². The van der Waals surface area contributed by atoms with E-state index in [0.717, 1.165) is 6.42 Å². The van der Waals surface area contributed by atoms with Crippen molar-refractivity contribution in [2.24, 2.45) is 11.5 Å². The van der Waals surface area contributed by atoms with Crippen molar-refractivity contribution < 1.29 is 9.59 Å². The molecule has 0 heterocycles. The van der Waals surface area contributed by atoms with Crippen LogP contribution in [0.2, 0.25) is 0 Å². The molecule has 2 amide bonds. The Kier molecular flexibility index (Phi) is 5.88. The largest absolute Gasteiger partial charge is 0.370 e. The smallest absolute Gasteiger partial charge is 0.236 e. The molecule has 0 aromatic carbocycles. The second-order valence-corrected chi connectivity index (χ2v) is 2.90. The number of nitrogens with one attached hydrogen (secondary N) is 1. The normalized spacial score (nSPS) is 12.2. The van der Waals surface area contributed by atoms with Crippen molar-refractivity contribution >= 4 is 11.8 Å². The molecular formula is C8H17N3O2. The third kappa shape index (κ3) is 6.10. The minimum absolute atomic E-state index is 0.157. The van der Waals surface area contributed by atoms with Crippen LogP contribution in [0.15, 0.2) is 0 Å². The maximum atomic E-state index is 11.1. The van der Waals surface area contributed by atoms with Gasteiger partial charge in [-0.25, -0.2) is 0 Å². The highest BCUT2D eigenvalue weighted by Crippen LogP contribution is 1.92. The highest BCUT2D eigenvalue weighted by Gasteiger charge is 2.10. The lowest BCUT2D eigenvalue weighted by molar-refractivity contribution is -0.122. The number of primary amides is 1. The van der Waals surface area contributed by atoms with Crippen LogP contribution in [0.4, 0.5) is 0 Å². The summed E-state index contributed by atoms with van der Waals surface area (Å²) in [6, 6.07) is -0.474. The molecule has 5 heteroatoms. The van der Waals surface area contributed by atoms with E-state index in [1.165, 1.54) is 0 Å². The molecule has 0 aromatic rings. The van der Waals surface area contributed by atoms with Crippen LogP contribution in [0.1, 0.15) is 26.2 Å². The lowest BCUT2D eigenvalue weighted by atomic mass is 10.2. The Bertz CT molecular complexity index is 182. The molecule has 0 saturated heterocycles. The summed E-state index contributed by atoms with van der Waals surface area (Å²) in [5.41, 5.74) is 10.4. The molecule has 0 aliphatic heterocycles. The SMILES string of the molecule is CCCC(N)C(=O)NCCC(N)=O. The number of amides is 2. The van der Waals surface area contributed by atoms with E-state index in [1.54, 1.807) is 0 Å². The van der Waals surface area contributed by atoms with Gasteiger partial charge in [0.05, 0.1) is 6.04 Å². The van der Waals surface area contributed by atoms with E-state index in [9.17, 15) is 9.59 Å². The Hall–Kier alpha value is -1.10. The Balaban J connectivity index is 3.55. The second-order valence-electron chi connectivity index (χ2n) is 2.90. The number of carbonyl (C=O) groups excluding carboxylic acids is 2. The van der Waals surface area contributed by atoms with Gasteiger partial charge in [0.25, 0.3) is 0 Å². The maximum absolute atomic E-state index is 11.1. The standard InChI is InChI=1S/C8H17N3O2/c1-2-3-6(9)8(13)11-5-4-7(10)12/h6H,2-5,9H2,1H3,(H2,10,12)(H,11,13). The van der Waals surface area contributed by atoms with Crippen molar-refractivity contribution in [3.63, 3.8) is 0 Å². The molecular weight excluding hydrogens is 170 g/mol. The quantitative estimate of drug-likeness (QED) is 0.503. The molecule has 0 aliphatic carbocycles. The zero-order valence-corrected chi connectivity index (χ0v) is 7.88. The van der Waals surface area contributed by atoms with Gasteiger partial charge in [0.2, 0.25) is 11.8 Å². The molecule has 0 rings (SSSR count). The summed E-state index contributed by atoms with van der Waals surface area (Å²) in [6.07, 6.45) is 1.68. The summed E-state index contributed by atoms with van der Waals surface area (Å²) in [4.78, 5) is 21.4. The molecule has 0 fully saturated rings. The molecule has 5 nitrogen and oxygen atoms in total. The number of rotatable bonds is 6. The first-order valence-corrected chi connectivity index (χ1v) is 4.39. The van der Waals surface area contributed by atoms with E-state index in [2.05, 4.69) is 5.32 Å². The van der Waals surface area contributed by atoms with Crippen molar-refractivity contribution in [3.8, 4) is 0 Å². The van der Waals surface area contributed by atoms with E-state index >= 15 is 0 Å². The lowest BCUT2D eigenvalue weighted by Gasteiger charge is -2.09. The van der Waals surface area contributed by atoms with Gasteiger partial charge >= 0.3 is 0 Å². The second kappa shape index (κ2) is 6.42. The summed E-state index contributed by atoms with van der Waals surface area (Å²) in [5.74, 6) is -0.646. The molecule has 1 atom stereocenters. The van der Waals surface area contributed by atoms with E-state index in [4.69, 9.17) is 11.5 Å². The Morgan fingerprint density at radius 1 is 1.46 bits per heavy atom. The number of carbonyl (C=O) groups is 2.